The third kappa shape index (κ3) is 5.16. The molecule has 28 heavy (non-hydrogen) atoms. The third-order valence-corrected chi connectivity index (χ3v) is 5.33. The summed E-state index contributed by atoms with van der Waals surface area (Å²) >= 11 is 0. The van der Waals surface area contributed by atoms with Gasteiger partial charge in [-0.15, -0.1) is 0 Å². The maximum atomic E-state index is 12.6. The number of ether oxygens (including phenoxy) is 1. The summed E-state index contributed by atoms with van der Waals surface area (Å²) < 4.78 is 11.5. The highest BCUT2D eigenvalue weighted by Gasteiger charge is 2.27. The SMILES string of the molecule is C[C@@H](Oc1ccc(C(C)(C)C)cc1)C(=O)NC[C@@H](c1ccco1)N1CCCC1. The number of carbonyl (C=O) groups excluding carboxylic acids is 1. The molecule has 0 spiro atoms. The maximum Gasteiger partial charge on any atom is 0.260 e. The Morgan fingerprint density at radius 3 is 2.43 bits per heavy atom. The lowest BCUT2D eigenvalue weighted by Gasteiger charge is -2.26. The van der Waals surface area contributed by atoms with E-state index in [0.29, 0.717) is 12.3 Å². The smallest absolute Gasteiger partial charge is 0.260 e. The first-order chi connectivity index (χ1) is 13.3. The number of nitrogens with zero attached hydrogens (tertiary/aromatic N) is 1. The van der Waals surface area contributed by atoms with Gasteiger partial charge in [0.1, 0.15) is 11.5 Å². The largest absolute Gasteiger partial charge is 0.481 e. The Morgan fingerprint density at radius 1 is 1.18 bits per heavy atom. The molecule has 1 aromatic heterocycles. The van der Waals surface area contributed by atoms with Crippen LogP contribution in [0.4, 0.5) is 0 Å². The zero-order valence-corrected chi connectivity index (χ0v) is 17.4. The molecule has 0 radical (unpaired) electrons. The second-order valence-electron chi connectivity index (χ2n) is 8.55. The molecule has 1 amide bonds. The van der Waals surface area contributed by atoms with Gasteiger partial charge in [-0.1, -0.05) is 32.9 Å². The minimum absolute atomic E-state index is 0.0692. The summed E-state index contributed by atoms with van der Waals surface area (Å²) in [6.07, 6.45) is 3.51. The summed E-state index contributed by atoms with van der Waals surface area (Å²) in [5.41, 5.74) is 1.33. The zero-order valence-electron chi connectivity index (χ0n) is 17.4. The fraction of sp³-hybridized carbons (Fsp3) is 0.522. The molecule has 2 atom stereocenters. The molecule has 1 N–H and O–H groups in total. The molecule has 1 aliphatic rings. The van der Waals surface area contributed by atoms with E-state index < -0.39 is 6.10 Å². The van der Waals surface area contributed by atoms with Crippen LogP contribution in [0, 0.1) is 0 Å². The molecular formula is C23H32N2O3. The van der Waals surface area contributed by atoms with Crippen LogP contribution in [0.2, 0.25) is 0 Å². The molecule has 1 saturated heterocycles. The summed E-state index contributed by atoms with van der Waals surface area (Å²) in [7, 11) is 0. The van der Waals surface area contributed by atoms with Crippen molar-refractivity contribution < 1.29 is 13.9 Å². The van der Waals surface area contributed by atoms with Gasteiger partial charge in [0, 0.05) is 6.54 Å². The predicted octanol–water partition coefficient (Wildman–Crippen LogP) is 4.30. The summed E-state index contributed by atoms with van der Waals surface area (Å²) in [6, 6.07) is 11.9. The summed E-state index contributed by atoms with van der Waals surface area (Å²) in [5.74, 6) is 1.49. The molecule has 5 heteroatoms. The minimum atomic E-state index is -0.559. The average molecular weight is 385 g/mol. The van der Waals surface area contributed by atoms with Gasteiger partial charge < -0.3 is 14.5 Å². The Labute approximate surface area is 168 Å². The number of rotatable bonds is 7. The summed E-state index contributed by atoms with van der Waals surface area (Å²) in [5, 5.41) is 3.04. The van der Waals surface area contributed by atoms with E-state index in [1.54, 1.807) is 13.2 Å². The van der Waals surface area contributed by atoms with Crippen molar-refractivity contribution in [1.82, 2.24) is 10.2 Å². The highest BCUT2D eigenvalue weighted by Crippen LogP contribution is 2.26. The number of amides is 1. The number of hydrogen-bond acceptors (Lipinski definition) is 4. The quantitative estimate of drug-likeness (QED) is 0.773. The first-order valence-electron chi connectivity index (χ1n) is 10.2. The lowest BCUT2D eigenvalue weighted by Crippen LogP contribution is -2.41. The molecule has 152 valence electrons. The first kappa shape index (κ1) is 20.5. The Hall–Kier alpha value is -2.27. The molecule has 0 unspecified atom stereocenters. The molecule has 0 saturated carbocycles. The lowest BCUT2D eigenvalue weighted by molar-refractivity contribution is -0.127. The van der Waals surface area contributed by atoms with Gasteiger partial charge in [-0.05, 0) is 68.1 Å². The Kier molecular flexibility index (Phi) is 6.45. The van der Waals surface area contributed by atoms with Gasteiger partial charge in [0.15, 0.2) is 6.10 Å². The number of nitrogens with one attached hydrogen (secondary N) is 1. The number of carbonyl (C=O) groups is 1. The van der Waals surface area contributed by atoms with Crippen LogP contribution in [0.5, 0.6) is 5.75 Å². The van der Waals surface area contributed by atoms with Crippen molar-refractivity contribution in [3.8, 4) is 5.75 Å². The Morgan fingerprint density at radius 2 is 1.86 bits per heavy atom. The highest BCUT2D eigenvalue weighted by molar-refractivity contribution is 5.80. The molecule has 0 aliphatic carbocycles. The molecule has 5 nitrogen and oxygen atoms in total. The topological polar surface area (TPSA) is 54.7 Å². The summed E-state index contributed by atoms with van der Waals surface area (Å²) in [4.78, 5) is 14.9. The fourth-order valence-electron chi connectivity index (χ4n) is 3.58. The van der Waals surface area contributed by atoms with Crippen molar-refractivity contribution in [2.24, 2.45) is 0 Å². The van der Waals surface area contributed by atoms with Crippen molar-refractivity contribution in [2.75, 3.05) is 19.6 Å². The second-order valence-corrected chi connectivity index (χ2v) is 8.55. The number of furan rings is 1. The molecule has 0 bridgehead atoms. The van der Waals surface area contributed by atoms with Crippen molar-refractivity contribution in [1.29, 1.82) is 0 Å². The highest BCUT2D eigenvalue weighted by atomic mass is 16.5. The van der Waals surface area contributed by atoms with Gasteiger partial charge in [-0.25, -0.2) is 0 Å². The van der Waals surface area contributed by atoms with Crippen molar-refractivity contribution in [3.63, 3.8) is 0 Å². The standard InChI is InChI=1S/C23H32N2O3/c1-17(28-19-11-9-18(10-12-19)23(2,3)4)22(26)24-16-20(21-8-7-15-27-21)25-13-5-6-14-25/h7-12,15,17,20H,5-6,13-14,16H2,1-4H3,(H,24,26)/t17-,20+/m1/s1. The van der Waals surface area contributed by atoms with Gasteiger partial charge in [0.05, 0.1) is 12.3 Å². The van der Waals surface area contributed by atoms with Gasteiger partial charge in [0.2, 0.25) is 0 Å². The van der Waals surface area contributed by atoms with E-state index in [0.717, 1.165) is 18.8 Å². The molecule has 2 aromatic rings. The van der Waals surface area contributed by atoms with E-state index in [-0.39, 0.29) is 17.4 Å². The lowest BCUT2D eigenvalue weighted by atomic mass is 9.87. The average Bonchev–Trinajstić information content (AvgIpc) is 3.36. The molecule has 1 aliphatic heterocycles. The van der Waals surface area contributed by atoms with Crippen LogP contribution in [0.1, 0.15) is 57.9 Å². The van der Waals surface area contributed by atoms with E-state index >= 15 is 0 Å². The monoisotopic (exact) mass is 384 g/mol. The number of hydrogen-bond donors (Lipinski definition) is 1. The molecule has 1 aromatic carbocycles. The number of benzene rings is 1. The van der Waals surface area contributed by atoms with Gasteiger partial charge in [0.25, 0.3) is 5.91 Å². The van der Waals surface area contributed by atoms with E-state index in [9.17, 15) is 4.79 Å². The van der Waals surface area contributed by atoms with Crippen LogP contribution in [-0.4, -0.2) is 36.5 Å². The zero-order chi connectivity index (χ0) is 20.1. The first-order valence-corrected chi connectivity index (χ1v) is 10.2. The molecule has 1 fully saturated rings. The van der Waals surface area contributed by atoms with Crippen LogP contribution in [-0.2, 0) is 10.2 Å². The minimum Gasteiger partial charge on any atom is -0.481 e. The van der Waals surface area contributed by atoms with E-state index in [1.165, 1.54) is 18.4 Å². The van der Waals surface area contributed by atoms with Crippen LogP contribution in [0.15, 0.2) is 47.1 Å². The van der Waals surface area contributed by atoms with Crippen LogP contribution in [0.3, 0.4) is 0 Å². The molecular weight excluding hydrogens is 352 g/mol. The predicted molar refractivity (Wildman–Crippen MR) is 110 cm³/mol. The van der Waals surface area contributed by atoms with E-state index in [1.807, 2.05) is 24.3 Å². The van der Waals surface area contributed by atoms with Gasteiger partial charge in [-0.3, -0.25) is 9.69 Å². The van der Waals surface area contributed by atoms with Crippen LogP contribution < -0.4 is 10.1 Å². The van der Waals surface area contributed by atoms with Gasteiger partial charge in [-0.2, -0.15) is 0 Å². The van der Waals surface area contributed by atoms with E-state index in [2.05, 4.69) is 43.1 Å². The van der Waals surface area contributed by atoms with Gasteiger partial charge >= 0.3 is 0 Å². The van der Waals surface area contributed by atoms with Crippen molar-refractivity contribution >= 4 is 5.91 Å². The third-order valence-electron chi connectivity index (χ3n) is 5.33. The van der Waals surface area contributed by atoms with Crippen LogP contribution in [0.25, 0.3) is 0 Å². The molecule has 3 rings (SSSR count). The summed E-state index contributed by atoms with van der Waals surface area (Å²) in [6.45, 7) is 10.9. The van der Waals surface area contributed by atoms with Crippen molar-refractivity contribution in [2.45, 2.75) is 58.1 Å². The van der Waals surface area contributed by atoms with Crippen molar-refractivity contribution in [3.05, 3.63) is 54.0 Å². The Bertz CT molecular complexity index is 741. The fourth-order valence-corrected chi connectivity index (χ4v) is 3.58. The van der Waals surface area contributed by atoms with E-state index in [4.69, 9.17) is 9.15 Å². The molecule has 2 heterocycles. The second kappa shape index (κ2) is 8.82. The Balaban J connectivity index is 1.55. The van der Waals surface area contributed by atoms with Crippen LogP contribution >= 0.6 is 0 Å². The normalized spacial score (nSPS) is 17.3. The number of likely N-dealkylation sites (tertiary alicyclic amines) is 1. The maximum absolute atomic E-state index is 12.6.